The zero-order valence-electron chi connectivity index (χ0n) is 16.5. The summed E-state index contributed by atoms with van der Waals surface area (Å²) >= 11 is 2.13. The van der Waals surface area contributed by atoms with Crippen molar-refractivity contribution in [1.29, 1.82) is 0 Å². The molecule has 0 aromatic heterocycles. The van der Waals surface area contributed by atoms with Crippen LogP contribution >= 0.6 is 22.6 Å². The zero-order chi connectivity index (χ0) is 21.5. The lowest BCUT2D eigenvalue weighted by molar-refractivity contribution is 0.0356. The molecule has 2 aromatic rings. The third-order valence-corrected chi connectivity index (χ3v) is 5.17. The van der Waals surface area contributed by atoms with Crippen LogP contribution in [0.1, 0.15) is 52.6 Å². The normalized spacial score (nSPS) is 13.3. The van der Waals surface area contributed by atoms with E-state index in [4.69, 9.17) is 4.65 Å². The van der Waals surface area contributed by atoms with Gasteiger partial charge in [-0.05, 0) is 85.6 Å². The number of amides is 2. The molecule has 0 aliphatic carbocycles. The molecule has 0 unspecified atom stereocenters. The van der Waals surface area contributed by atoms with Crippen molar-refractivity contribution >= 4 is 47.0 Å². The predicted octanol–water partition coefficient (Wildman–Crippen LogP) is 2.54. The first-order valence-electron chi connectivity index (χ1n) is 9.02. The summed E-state index contributed by atoms with van der Waals surface area (Å²) in [5.41, 5.74) is 3.37. The van der Waals surface area contributed by atoms with Crippen LogP contribution in [0.2, 0.25) is 0 Å². The van der Waals surface area contributed by atoms with Gasteiger partial charge in [-0.3, -0.25) is 15.0 Å². The number of aryl methyl sites for hydroxylation is 1. The summed E-state index contributed by atoms with van der Waals surface area (Å²) in [4.78, 5) is 26.0. The van der Waals surface area contributed by atoms with Gasteiger partial charge in [-0.15, -0.1) is 0 Å². The van der Waals surface area contributed by atoms with Crippen molar-refractivity contribution in [3.8, 4) is 0 Å². The van der Waals surface area contributed by atoms with Crippen molar-refractivity contribution in [3.05, 3.63) is 62.0 Å². The van der Waals surface area contributed by atoms with Crippen LogP contribution in [-0.2, 0) is 11.3 Å². The van der Waals surface area contributed by atoms with E-state index in [0.29, 0.717) is 11.0 Å². The molecule has 0 fully saturated rings. The predicted molar refractivity (Wildman–Crippen MR) is 116 cm³/mol. The molecule has 1 heterocycles. The van der Waals surface area contributed by atoms with E-state index >= 15 is 0 Å². The van der Waals surface area contributed by atoms with Crippen molar-refractivity contribution in [1.82, 2.24) is 10.4 Å². The van der Waals surface area contributed by atoms with Gasteiger partial charge in [0.1, 0.15) is 5.82 Å². The fourth-order valence-electron chi connectivity index (χ4n) is 3.12. The fourth-order valence-corrected chi connectivity index (χ4v) is 3.94. The average molecular weight is 510 g/mol. The van der Waals surface area contributed by atoms with Gasteiger partial charge in [-0.2, -0.15) is 0 Å². The summed E-state index contributed by atoms with van der Waals surface area (Å²) < 4.78 is 20.7. The van der Waals surface area contributed by atoms with E-state index < -0.39 is 30.3 Å². The number of halogens is 2. The Balaban J connectivity index is 1.92. The second-order valence-corrected chi connectivity index (χ2v) is 9.17. The Kier molecular flexibility index (Phi) is 6.02. The van der Waals surface area contributed by atoms with Gasteiger partial charge < -0.3 is 9.68 Å². The third-order valence-electron chi connectivity index (χ3n) is 4.55. The molecule has 9 heteroatoms. The van der Waals surface area contributed by atoms with Gasteiger partial charge in [0.2, 0.25) is 0 Å². The van der Waals surface area contributed by atoms with Crippen LogP contribution < -0.4 is 10.9 Å². The lowest BCUT2D eigenvalue weighted by Crippen LogP contribution is -2.56. The van der Waals surface area contributed by atoms with Crippen LogP contribution in [0.5, 0.6) is 0 Å². The molecule has 0 spiro atoms. The standard InChI is InChI=1S/C20H21BFIN2O4/c1-11-7-12(9-13(23)8-11)19(27)25(20(2,3)4)24-18(26)14-5-6-16-15(17(14)22)10-29-21(16)28/h5-9,28H,10H2,1-4H3,(H,24,26). The minimum Gasteiger partial charge on any atom is -0.423 e. The number of hydrogen-bond acceptors (Lipinski definition) is 4. The summed E-state index contributed by atoms with van der Waals surface area (Å²) in [7, 11) is -1.20. The maximum absolute atomic E-state index is 14.8. The number of fused-ring (bicyclic) bond motifs is 1. The van der Waals surface area contributed by atoms with Gasteiger partial charge in [0.05, 0.1) is 17.7 Å². The molecule has 1 aliphatic heterocycles. The highest BCUT2D eigenvalue weighted by Gasteiger charge is 2.34. The number of nitrogens with zero attached hydrogens (tertiary/aromatic N) is 1. The highest BCUT2D eigenvalue weighted by molar-refractivity contribution is 14.1. The first kappa shape index (κ1) is 21.7. The molecule has 3 rings (SSSR count). The summed E-state index contributed by atoms with van der Waals surface area (Å²) in [5.74, 6) is -1.91. The molecule has 0 saturated carbocycles. The Morgan fingerprint density at radius 3 is 2.59 bits per heavy atom. The highest BCUT2D eigenvalue weighted by atomic mass is 127. The molecule has 2 amide bonds. The molecule has 0 bridgehead atoms. The Morgan fingerprint density at radius 1 is 1.28 bits per heavy atom. The Labute approximate surface area is 182 Å². The first-order chi connectivity index (χ1) is 13.5. The van der Waals surface area contributed by atoms with Gasteiger partial charge in [-0.1, -0.05) is 6.07 Å². The van der Waals surface area contributed by atoms with Crippen LogP contribution in [0, 0.1) is 16.3 Å². The third kappa shape index (κ3) is 4.46. The van der Waals surface area contributed by atoms with Gasteiger partial charge in [-0.25, -0.2) is 9.40 Å². The minimum atomic E-state index is -1.20. The molecule has 1 aliphatic rings. The molecule has 2 N–H and O–H groups in total. The van der Waals surface area contributed by atoms with E-state index in [0.717, 1.165) is 9.13 Å². The van der Waals surface area contributed by atoms with Crippen LogP contribution in [0.3, 0.4) is 0 Å². The molecular weight excluding hydrogens is 489 g/mol. The average Bonchev–Trinajstić information content (AvgIpc) is 2.99. The molecule has 0 atom stereocenters. The highest BCUT2D eigenvalue weighted by Crippen LogP contribution is 2.21. The summed E-state index contributed by atoms with van der Waals surface area (Å²) in [6, 6.07) is 8.15. The Bertz CT molecular complexity index is 973. The van der Waals surface area contributed by atoms with E-state index in [-0.39, 0.29) is 17.7 Å². The monoisotopic (exact) mass is 510 g/mol. The van der Waals surface area contributed by atoms with Crippen molar-refractivity contribution in [2.75, 3.05) is 0 Å². The van der Waals surface area contributed by atoms with E-state index in [2.05, 4.69) is 28.0 Å². The first-order valence-corrected chi connectivity index (χ1v) is 10.1. The topological polar surface area (TPSA) is 78.9 Å². The maximum atomic E-state index is 14.8. The number of benzene rings is 2. The van der Waals surface area contributed by atoms with Crippen molar-refractivity contribution < 1.29 is 23.7 Å². The van der Waals surface area contributed by atoms with Gasteiger partial charge in [0, 0.05) is 14.7 Å². The van der Waals surface area contributed by atoms with Gasteiger partial charge in [0.25, 0.3) is 11.8 Å². The molecule has 152 valence electrons. The summed E-state index contributed by atoms with van der Waals surface area (Å²) in [6.07, 6.45) is 0. The van der Waals surface area contributed by atoms with Crippen molar-refractivity contribution in [2.24, 2.45) is 0 Å². The zero-order valence-corrected chi connectivity index (χ0v) is 18.7. The van der Waals surface area contributed by atoms with Crippen LogP contribution in [-0.4, -0.2) is 34.5 Å². The lowest BCUT2D eigenvalue weighted by atomic mass is 9.79. The Morgan fingerprint density at radius 2 is 1.97 bits per heavy atom. The number of rotatable bonds is 2. The molecule has 6 nitrogen and oxygen atoms in total. The van der Waals surface area contributed by atoms with Crippen molar-refractivity contribution in [3.63, 3.8) is 0 Å². The van der Waals surface area contributed by atoms with Crippen LogP contribution in [0.4, 0.5) is 4.39 Å². The minimum absolute atomic E-state index is 0.118. The number of hydrogen-bond donors (Lipinski definition) is 2. The SMILES string of the molecule is Cc1cc(I)cc(C(=O)N(NC(=O)c2ccc3c(c2F)COB3O)C(C)(C)C)c1. The van der Waals surface area contributed by atoms with E-state index in [1.807, 2.05) is 13.0 Å². The van der Waals surface area contributed by atoms with Crippen LogP contribution in [0.15, 0.2) is 30.3 Å². The van der Waals surface area contributed by atoms with E-state index in [1.54, 1.807) is 32.9 Å². The van der Waals surface area contributed by atoms with Crippen LogP contribution in [0.25, 0.3) is 0 Å². The molecule has 29 heavy (non-hydrogen) atoms. The molecule has 0 saturated heterocycles. The van der Waals surface area contributed by atoms with E-state index in [9.17, 15) is 19.0 Å². The summed E-state index contributed by atoms with van der Waals surface area (Å²) in [5, 5.41) is 10.9. The summed E-state index contributed by atoms with van der Waals surface area (Å²) in [6.45, 7) is 7.09. The second kappa shape index (κ2) is 8.04. The van der Waals surface area contributed by atoms with Gasteiger partial charge >= 0.3 is 7.12 Å². The maximum Gasteiger partial charge on any atom is 0.491 e. The number of carbonyl (C=O) groups is 2. The fraction of sp³-hybridized carbons (Fsp3) is 0.300. The molecular formula is C20H21BFIN2O4. The lowest BCUT2D eigenvalue weighted by Gasteiger charge is -2.35. The number of nitrogens with one attached hydrogen (secondary N) is 1. The van der Waals surface area contributed by atoms with Gasteiger partial charge in [0.15, 0.2) is 0 Å². The van der Waals surface area contributed by atoms with E-state index in [1.165, 1.54) is 17.1 Å². The molecule has 0 radical (unpaired) electrons. The smallest absolute Gasteiger partial charge is 0.423 e. The molecule has 2 aromatic carbocycles. The van der Waals surface area contributed by atoms with Crippen molar-refractivity contribution in [2.45, 2.75) is 39.8 Å². The number of hydrazine groups is 1. The Hall–Kier alpha value is -1.98. The largest absolute Gasteiger partial charge is 0.491 e. The number of carbonyl (C=O) groups excluding carboxylic acids is 2. The second-order valence-electron chi connectivity index (χ2n) is 7.93. The quantitative estimate of drug-likeness (QED) is 0.370.